The van der Waals surface area contributed by atoms with E-state index in [-0.39, 0.29) is 6.61 Å². The van der Waals surface area contributed by atoms with E-state index in [1.165, 1.54) is 128 Å². The molecule has 0 fully saturated rings. The molecule has 0 saturated carbocycles. The van der Waals surface area contributed by atoms with Crippen LogP contribution in [-0.2, 0) is 4.79 Å². The summed E-state index contributed by atoms with van der Waals surface area (Å²) in [6.45, 7) is 6.45. The number of hydrogen-bond donors (Lipinski definition) is 3. The molecule has 1 atom stereocenters. The summed E-state index contributed by atoms with van der Waals surface area (Å²) in [5.74, 6) is -1.02. The molecular formula is C32H66O4. The normalized spacial score (nSPS) is 12.7. The first kappa shape index (κ1) is 37.5. The quantitative estimate of drug-likeness (QED) is 0.0953. The van der Waals surface area contributed by atoms with Gasteiger partial charge in [0.25, 0.3) is 0 Å². The molecule has 0 rings (SSSR count). The van der Waals surface area contributed by atoms with Crippen LogP contribution >= 0.6 is 0 Å². The minimum atomic E-state index is -1.50. The zero-order valence-electron chi connectivity index (χ0n) is 24.8. The Kier molecular flexibility index (Phi) is 31.9. The molecule has 0 heterocycles. The Bertz CT molecular complexity index is 426. The van der Waals surface area contributed by atoms with Gasteiger partial charge in [0.15, 0.2) is 5.60 Å². The van der Waals surface area contributed by atoms with Gasteiger partial charge in [0, 0.05) is 6.61 Å². The van der Waals surface area contributed by atoms with Gasteiger partial charge in [-0.3, -0.25) is 0 Å². The fourth-order valence-electron chi connectivity index (χ4n) is 4.86. The lowest BCUT2D eigenvalue weighted by molar-refractivity contribution is -0.160. The molecular weight excluding hydrogens is 448 g/mol. The fourth-order valence-corrected chi connectivity index (χ4v) is 4.86. The van der Waals surface area contributed by atoms with E-state index in [0.717, 1.165) is 25.7 Å². The smallest absolute Gasteiger partial charge is 0.335 e. The van der Waals surface area contributed by atoms with Gasteiger partial charge in [-0.2, -0.15) is 0 Å². The van der Waals surface area contributed by atoms with Gasteiger partial charge in [-0.05, 0) is 32.6 Å². The van der Waals surface area contributed by atoms with E-state index in [0.29, 0.717) is 12.8 Å². The average Bonchev–Trinajstić information content (AvgIpc) is 2.85. The summed E-state index contributed by atoms with van der Waals surface area (Å²) in [6.07, 6.45) is 31.2. The van der Waals surface area contributed by atoms with Crippen molar-refractivity contribution in [2.24, 2.45) is 0 Å². The van der Waals surface area contributed by atoms with E-state index in [4.69, 9.17) is 5.11 Å². The van der Waals surface area contributed by atoms with E-state index < -0.39 is 11.6 Å². The molecule has 0 aromatic carbocycles. The van der Waals surface area contributed by atoms with Gasteiger partial charge in [0.2, 0.25) is 0 Å². The van der Waals surface area contributed by atoms with Crippen molar-refractivity contribution in [3.05, 3.63) is 0 Å². The summed E-state index contributed by atoms with van der Waals surface area (Å²) in [5.41, 5.74) is -1.50. The Morgan fingerprint density at radius 1 is 0.472 bits per heavy atom. The van der Waals surface area contributed by atoms with Gasteiger partial charge in [-0.15, -0.1) is 0 Å². The Morgan fingerprint density at radius 2 is 0.667 bits per heavy atom. The van der Waals surface area contributed by atoms with E-state index in [9.17, 15) is 15.0 Å². The van der Waals surface area contributed by atoms with Crippen LogP contribution in [0.25, 0.3) is 0 Å². The van der Waals surface area contributed by atoms with Crippen molar-refractivity contribution in [1.82, 2.24) is 0 Å². The molecule has 0 bridgehead atoms. The molecule has 218 valence electrons. The molecule has 4 nitrogen and oxygen atoms in total. The Hall–Kier alpha value is -0.610. The highest BCUT2D eigenvalue weighted by atomic mass is 16.4. The van der Waals surface area contributed by atoms with Crippen molar-refractivity contribution in [1.29, 1.82) is 0 Å². The lowest BCUT2D eigenvalue weighted by atomic mass is 9.89. The van der Waals surface area contributed by atoms with Gasteiger partial charge in [0.05, 0.1) is 0 Å². The fraction of sp³-hybridized carbons (Fsp3) is 0.969. The highest BCUT2D eigenvalue weighted by Crippen LogP contribution is 2.24. The summed E-state index contributed by atoms with van der Waals surface area (Å²) < 4.78 is 0. The number of aliphatic hydroxyl groups is 2. The molecule has 0 saturated heterocycles. The average molecular weight is 515 g/mol. The number of rotatable bonds is 27. The maximum absolute atomic E-state index is 11.6. The molecule has 0 spiro atoms. The Balaban J connectivity index is 0. The first-order valence-electron chi connectivity index (χ1n) is 16.0. The number of carboxylic acid groups (broad SMARTS) is 1. The topological polar surface area (TPSA) is 77.8 Å². The zero-order valence-corrected chi connectivity index (χ0v) is 24.8. The van der Waals surface area contributed by atoms with Crippen molar-refractivity contribution in [3.8, 4) is 0 Å². The first-order valence-corrected chi connectivity index (χ1v) is 16.0. The van der Waals surface area contributed by atoms with Crippen molar-refractivity contribution in [2.45, 2.75) is 193 Å². The number of unbranched alkanes of at least 4 members (excludes halogenated alkanes) is 22. The van der Waals surface area contributed by atoms with Crippen LogP contribution in [-0.4, -0.2) is 33.5 Å². The van der Waals surface area contributed by atoms with Gasteiger partial charge < -0.3 is 15.3 Å². The summed E-state index contributed by atoms with van der Waals surface area (Å²) in [6, 6.07) is 0. The summed E-state index contributed by atoms with van der Waals surface area (Å²) >= 11 is 0. The molecule has 0 amide bonds. The number of aliphatic hydroxyl groups excluding tert-OH is 1. The van der Waals surface area contributed by atoms with Crippen LogP contribution in [0.1, 0.15) is 188 Å². The minimum Gasteiger partial charge on any atom is -0.479 e. The molecule has 0 aliphatic heterocycles. The van der Waals surface area contributed by atoms with Gasteiger partial charge in [-0.25, -0.2) is 4.79 Å². The number of aliphatic carboxylic acids is 1. The van der Waals surface area contributed by atoms with Crippen molar-refractivity contribution in [3.63, 3.8) is 0 Å². The third-order valence-electron chi connectivity index (χ3n) is 7.29. The second-order valence-electron chi connectivity index (χ2n) is 10.9. The van der Waals surface area contributed by atoms with Crippen LogP contribution in [0.15, 0.2) is 0 Å². The van der Waals surface area contributed by atoms with Crippen LogP contribution in [0.4, 0.5) is 0 Å². The molecule has 4 heteroatoms. The van der Waals surface area contributed by atoms with Crippen LogP contribution < -0.4 is 0 Å². The van der Waals surface area contributed by atoms with E-state index >= 15 is 0 Å². The van der Waals surface area contributed by atoms with Crippen LogP contribution in [0, 0.1) is 0 Å². The second kappa shape index (κ2) is 30.6. The van der Waals surface area contributed by atoms with Gasteiger partial charge >= 0.3 is 5.97 Å². The predicted octanol–water partition coefficient (Wildman–Crippen LogP) is 9.98. The summed E-state index contributed by atoms with van der Waals surface area (Å²) in [5, 5.41) is 27.7. The highest BCUT2D eigenvalue weighted by Gasteiger charge is 2.34. The molecule has 1 unspecified atom stereocenters. The maximum Gasteiger partial charge on any atom is 0.335 e. The monoisotopic (exact) mass is 514 g/mol. The summed E-state index contributed by atoms with van der Waals surface area (Å²) in [4.78, 5) is 11.6. The van der Waals surface area contributed by atoms with E-state index in [1.54, 1.807) is 6.92 Å². The molecule has 0 radical (unpaired) electrons. The number of carbonyl (C=O) groups is 1. The Labute approximate surface area is 226 Å². The van der Waals surface area contributed by atoms with Gasteiger partial charge in [-0.1, -0.05) is 155 Å². The third-order valence-corrected chi connectivity index (χ3v) is 7.29. The zero-order chi connectivity index (χ0) is 27.2. The molecule has 0 aromatic heterocycles. The van der Waals surface area contributed by atoms with Crippen LogP contribution in [0.3, 0.4) is 0 Å². The largest absolute Gasteiger partial charge is 0.479 e. The van der Waals surface area contributed by atoms with Crippen LogP contribution in [0.5, 0.6) is 0 Å². The lowest BCUT2D eigenvalue weighted by Gasteiger charge is -2.23. The molecule has 3 N–H and O–H groups in total. The minimum absolute atomic E-state index is 0.250. The second-order valence-corrected chi connectivity index (χ2v) is 10.9. The number of carboxylic acids is 1. The third kappa shape index (κ3) is 28.0. The van der Waals surface area contributed by atoms with E-state index in [1.807, 2.05) is 0 Å². The molecule has 36 heavy (non-hydrogen) atoms. The maximum atomic E-state index is 11.6. The van der Waals surface area contributed by atoms with Crippen molar-refractivity contribution < 1.29 is 20.1 Å². The first-order chi connectivity index (χ1) is 17.5. The summed E-state index contributed by atoms with van der Waals surface area (Å²) in [7, 11) is 0. The molecule has 0 aromatic rings. The van der Waals surface area contributed by atoms with E-state index in [2.05, 4.69) is 13.8 Å². The SMILES string of the molecule is CCCCCCCCCCCCCCCCC(O)(CCCCCCCCCCCC)C(=O)O.CCO. The lowest BCUT2D eigenvalue weighted by Crippen LogP contribution is -2.38. The molecule has 0 aliphatic rings. The Morgan fingerprint density at radius 3 is 0.861 bits per heavy atom. The van der Waals surface area contributed by atoms with Gasteiger partial charge in [0.1, 0.15) is 0 Å². The van der Waals surface area contributed by atoms with Crippen molar-refractivity contribution >= 4 is 5.97 Å². The predicted molar refractivity (Wildman–Crippen MR) is 157 cm³/mol. The highest BCUT2D eigenvalue weighted by molar-refractivity contribution is 5.76. The standard InChI is InChI=1S/C30H60O3.C2H6O/c1-3-5-7-9-11-13-15-16-17-18-20-22-24-26-28-30(33,29(31)32)27-25-23-21-19-14-12-10-8-6-4-2;1-2-3/h33H,3-28H2,1-2H3,(H,31,32);3H,2H2,1H3. The van der Waals surface area contributed by atoms with Crippen LogP contribution in [0.2, 0.25) is 0 Å². The van der Waals surface area contributed by atoms with Crippen molar-refractivity contribution in [2.75, 3.05) is 6.61 Å². The molecule has 0 aliphatic carbocycles. The number of hydrogen-bond acceptors (Lipinski definition) is 3.